The summed E-state index contributed by atoms with van der Waals surface area (Å²) in [6, 6.07) is 21.2. The van der Waals surface area contributed by atoms with Crippen molar-refractivity contribution in [1.82, 2.24) is 9.13 Å². The van der Waals surface area contributed by atoms with Gasteiger partial charge in [-0.15, -0.1) is 11.3 Å². The van der Waals surface area contributed by atoms with Crippen molar-refractivity contribution in [3.63, 3.8) is 0 Å². The zero-order valence-corrected chi connectivity index (χ0v) is 21.4. The molecule has 38 heavy (non-hydrogen) atoms. The molecule has 0 aliphatic carbocycles. The Morgan fingerprint density at radius 1 is 1.00 bits per heavy atom. The molecule has 5 rings (SSSR count). The van der Waals surface area contributed by atoms with Gasteiger partial charge in [0.05, 0.1) is 43.6 Å². The molecule has 0 aliphatic heterocycles. The van der Waals surface area contributed by atoms with Crippen molar-refractivity contribution < 1.29 is 14.3 Å². The van der Waals surface area contributed by atoms with Crippen LogP contribution in [0.15, 0.2) is 76.3 Å². The van der Waals surface area contributed by atoms with Gasteiger partial charge in [-0.1, -0.05) is 36.4 Å². The van der Waals surface area contributed by atoms with E-state index < -0.39 is 17.2 Å². The molecular weight excluding hydrogens is 504 g/mol. The lowest BCUT2D eigenvalue weighted by molar-refractivity contribution is -0.116. The maximum Gasteiger partial charge on any atom is 0.332 e. The number of thiophene rings is 1. The number of nitrogens with zero attached hydrogens (tertiary/aromatic N) is 3. The van der Waals surface area contributed by atoms with Crippen LogP contribution in [0.4, 0.5) is 5.69 Å². The number of hydrogen-bond acceptors (Lipinski definition) is 7. The quantitative estimate of drug-likeness (QED) is 0.343. The summed E-state index contributed by atoms with van der Waals surface area (Å²) in [5.41, 5.74) is 0.610. The Morgan fingerprint density at radius 3 is 2.53 bits per heavy atom. The average molecular weight is 527 g/mol. The molecule has 5 aromatic rings. The van der Waals surface area contributed by atoms with Crippen molar-refractivity contribution in [1.29, 1.82) is 5.26 Å². The van der Waals surface area contributed by atoms with Gasteiger partial charge in [-0.3, -0.25) is 18.7 Å². The zero-order valence-electron chi connectivity index (χ0n) is 20.6. The van der Waals surface area contributed by atoms with E-state index in [9.17, 15) is 19.6 Å². The van der Waals surface area contributed by atoms with Crippen LogP contribution in [-0.4, -0.2) is 29.3 Å². The fourth-order valence-corrected chi connectivity index (χ4v) is 5.51. The molecule has 1 N–H and O–H groups in total. The summed E-state index contributed by atoms with van der Waals surface area (Å²) in [6.07, 6.45) is 0. The second-order valence-corrected chi connectivity index (χ2v) is 9.47. The highest BCUT2D eigenvalue weighted by Crippen LogP contribution is 2.32. The highest BCUT2D eigenvalue weighted by molar-refractivity contribution is 7.25. The second-order valence-electron chi connectivity index (χ2n) is 8.42. The van der Waals surface area contributed by atoms with Crippen LogP contribution in [0.1, 0.15) is 11.1 Å². The van der Waals surface area contributed by atoms with Crippen LogP contribution in [0.25, 0.3) is 20.3 Å². The molecule has 2 heterocycles. The smallest absolute Gasteiger partial charge is 0.332 e. The minimum absolute atomic E-state index is 0.0977. The largest absolute Gasteiger partial charge is 0.497 e. The number of methoxy groups -OCH3 is 2. The maximum atomic E-state index is 13.8. The van der Waals surface area contributed by atoms with Crippen LogP contribution in [0.2, 0.25) is 0 Å². The van der Waals surface area contributed by atoms with Crippen LogP contribution in [0, 0.1) is 11.3 Å². The van der Waals surface area contributed by atoms with Gasteiger partial charge in [0.2, 0.25) is 5.91 Å². The van der Waals surface area contributed by atoms with E-state index in [2.05, 4.69) is 11.4 Å². The minimum Gasteiger partial charge on any atom is -0.497 e. The molecule has 0 radical (unpaired) electrons. The van der Waals surface area contributed by atoms with Crippen LogP contribution in [-0.2, 0) is 17.9 Å². The Hall–Kier alpha value is -4.88. The van der Waals surface area contributed by atoms with Crippen LogP contribution in [0.5, 0.6) is 11.5 Å². The van der Waals surface area contributed by atoms with Gasteiger partial charge in [-0.25, -0.2) is 4.79 Å². The van der Waals surface area contributed by atoms with E-state index in [-0.39, 0.29) is 13.1 Å². The van der Waals surface area contributed by atoms with Crippen molar-refractivity contribution in [2.24, 2.45) is 0 Å². The fourth-order valence-electron chi connectivity index (χ4n) is 4.35. The van der Waals surface area contributed by atoms with Gasteiger partial charge < -0.3 is 14.8 Å². The van der Waals surface area contributed by atoms with Gasteiger partial charge in [0.25, 0.3) is 5.56 Å². The summed E-state index contributed by atoms with van der Waals surface area (Å²) in [5, 5.41) is 13.0. The van der Waals surface area contributed by atoms with E-state index >= 15 is 0 Å². The first-order valence-electron chi connectivity index (χ1n) is 11.6. The molecule has 0 saturated carbocycles. The first-order valence-corrected chi connectivity index (χ1v) is 12.4. The lowest BCUT2D eigenvalue weighted by Gasteiger charge is -2.15. The van der Waals surface area contributed by atoms with Crippen LogP contribution < -0.4 is 26.0 Å². The Bertz CT molecular complexity index is 1860. The minimum atomic E-state index is -0.643. The SMILES string of the molecule is COc1ccc(NC(=O)Cn2c(=O)n(Cc3ccccc3C#N)c(=O)c3sc4ccccc4c32)c(OC)c1. The number of amides is 1. The van der Waals surface area contributed by atoms with Gasteiger partial charge in [0.15, 0.2) is 0 Å². The monoisotopic (exact) mass is 526 g/mol. The third kappa shape index (κ3) is 4.40. The molecule has 2 aromatic heterocycles. The fraction of sp³-hybridized carbons (Fsp3) is 0.143. The molecule has 0 fully saturated rings. The van der Waals surface area contributed by atoms with E-state index in [1.807, 2.05) is 24.3 Å². The molecule has 190 valence electrons. The number of nitrogens with one attached hydrogen (secondary N) is 1. The Morgan fingerprint density at radius 2 is 1.76 bits per heavy atom. The number of carbonyl (C=O) groups excluding carboxylic acids is 1. The van der Waals surface area contributed by atoms with Gasteiger partial charge >= 0.3 is 5.69 Å². The molecule has 0 atom stereocenters. The van der Waals surface area contributed by atoms with Crippen LogP contribution in [0.3, 0.4) is 0 Å². The van der Waals surface area contributed by atoms with Crippen molar-refractivity contribution >= 4 is 43.2 Å². The van der Waals surface area contributed by atoms with Gasteiger partial charge in [0.1, 0.15) is 22.7 Å². The molecular formula is C28H22N4O5S. The normalized spacial score (nSPS) is 10.9. The molecule has 1 amide bonds. The Kier molecular flexibility index (Phi) is 6.68. The van der Waals surface area contributed by atoms with E-state index in [4.69, 9.17) is 9.47 Å². The topological polar surface area (TPSA) is 115 Å². The molecule has 3 aromatic carbocycles. The highest BCUT2D eigenvalue weighted by atomic mass is 32.1. The van der Waals surface area contributed by atoms with Gasteiger partial charge in [-0.05, 0) is 29.8 Å². The van der Waals surface area contributed by atoms with Crippen molar-refractivity contribution in [3.8, 4) is 17.6 Å². The summed E-state index contributed by atoms with van der Waals surface area (Å²) in [5.74, 6) is 0.483. The Balaban J connectivity index is 1.64. The van der Waals surface area contributed by atoms with Gasteiger partial charge in [0, 0.05) is 16.2 Å². The average Bonchev–Trinajstić information content (AvgIpc) is 3.33. The predicted octanol–water partition coefficient (Wildman–Crippen LogP) is 3.95. The number of carbonyl (C=O) groups is 1. The van der Waals surface area contributed by atoms with E-state index in [0.29, 0.717) is 43.9 Å². The standard InChI is InChI=1S/C28H22N4O5S/c1-36-19-11-12-21(22(13-19)37-2)30-24(33)16-31-25-20-9-5-6-10-23(20)38-26(25)27(34)32(28(31)35)15-18-8-4-3-7-17(18)14-29/h3-13H,15-16H2,1-2H3,(H,30,33). The summed E-state index contributed by atoms with van der Waals surface area (Å²) in [7, 11) is 3.00. The number of aromatic nitrogens is 2. The van der Waals surface area contributed by atoms with E-state index in [0.717, 1.165) is 9.27 Å². The molecule has 0 aliphatic rings. The number of rotatable bonds is 7. The predicted molar refractivity (Wildman–Crippen MR) is 146 cm³/mol. The molecule has 0 bridgehead atoms. The van der Waals surface area contributed by atoms with Crippen molar-refractivity contribution in [2.45, 2.75) is 13.1 Å². The lowest BCUT2D eigenvalue weighted by atomic mass is 10.1. The molecule has 9 nitrogen and oxygen atoms in total. The first kappa shape index (κ1) is 24.8. The van der Waals surface area contributed by atoms with E-state index in [1.165, 1.54) is 30.1 Å². The summed E-state index contributed by atoms with van der Waals surface area (Å²) < 4.78 is 14.1. The Labute approximate surface area is 220 Å². The molecule has 0 saturated heterocycles. The molecule has 0 spiro atoms. The number of hydrogen-bond donors (Lipinski definition) is 1. The first-order chi connectivity index (χ1) is 18.4. The van der Waals surface area contributed by atoms with Crippen molar-refractivity contribution in [2.75, 3.05) is 19.5 Å². The number of benzene rings is 3. The van der Waals surface area contributed by atoms with Crippen molar-refractivity contribution in [3.05, 3.63) is 98.7 Å². The number of nitriles is 1. The number of fused-ring (bicyclic) bond motifs is 3. The summed E-state index contributed by atoms with van der Waals surface area (Å²) >= 11 is 1.26. The lowest BCUT2D eigenvalue weighted by Crippen LogP contribution is -2.41. The second kappa shape index (κ2) is 10.2. The number of anilines is 1. The molecule has 10 heteroatoms. The maximum absolute atomic E-state index is 13.8. The summed E-state index contributed by atoms with van der Waals surface area (Å²) in [6.45, 7) is -0.440. The van der Waals surface area contributed by atoms with Crippen LogP contribution >= 0.6 is 11.3 Å². The zero-order chi connectivity index (χ0) is 26.8. The summed E-state index contributed by atoms with van der Waals surface area (Å²) in [4.78, 5) is 40.5. The number of ether oxygens (including phenoxy) is 2. The molecule has 0 unspecified atom stereocenters. The third-order valence-corrected chi connectivity index (χ3v) is 7.34. The third-order valence-electron chi connectivity index (χ3n) is 6.19. The van der Waals surface area contributed by atoms with E-state index in [1.54, 1.807) is 42.5 Å². The highest BCUT2D eigenvalue weighted by Gasteiger charge is 2.21. The van der Waals surface area contributed by atoms with Gasteiger partial charge in [-0.2, -0.15) is 5.26 Å².